The van der Waals surface area contributed by atoms with Crippen molar-refractivity contribution in [3.8, 4) is 11.5 Å². The summed E-state index contributed by atoms with van der Waals surface area (Å²) in [5.74, 6) is 1.06. The summed E-state index contributed by atoms with van der Waals surface area (Å²) < 4.78 is 17.5. The lowest BCUT2D eigenvalue weighted by molar-refractivity contribution is -0.127. The van der Waals surface area contributed by atoms with Gasteiger partial charge in [-0.1, -0.05) is 26.3 Å². The molecule has 186 valence electrons. The second-order valence-electron chi connectivity index (χ2n) is 11.1. The van der Waals surface area contributed by atoms with Crippen LogP contribution in [0.15, 0.2) is 23.3 Å². The van der Waals surface area contributed by atoms with E-state index in [-0.39, 0.29) is 17.4 Å². The Hall–Kier alpha value is -1.67. The second-order valence-corrected chi connectivity index (χ2v) is 15.9. The van der Waals surface area contributed by atoms with Gasteiger partial charge in [-0.05, 0) is 62.5 Å². The van der Waals surface area contributed by atoms with Gasteiger partial charge in [-0.15, -0.1) is 0 Å². The van der Waals surface area contributed by atoms with Crippen molar-refractivity contribution in [2.45, 2.75) is 91.3 Å². The van der Waals surface area contributed by atoms with Crippen molar-refractivity contribution >= 4 is 14.1 Å². The van der Waals surface area contributed by atoms with E-state index in [2.05, 4.69) is 33.9 Å². The van der Waals surface area contributed by atoms with Gasteiger partial charge in [0.25, 0.3) is 0 Å². The summed E-state index contributed by atoms with van der Waals surface area (Å²) in [4.78, 5) is 12.6. The number of methoxy groups -OCH3 is 2. The second kappa shape index (κ2) is 9.90. The van der Waals surface area contributed by atoms with Gasteiger partial charge in [0.15, 0.2) is 8.32 Å². The summed E-state index contributed by atoms with van der Waals surface area (Å²) in [5, 5.41) is 22.8. The molecule has 7 heteroatoms. The Morgan fingerprint density at radius 2 is 1.67 bits per heavy atom. The molecule has 1 aromatic rings. The Kier molecular flexibility index (Phi) is 8.27. The number of allylic oxidation sites excluding steroid dienone is 1. The number of carbonyl (C=O) groups excluding carboxylic acids is 1. The van der Waals surface area contributed by atoms with E-state index in [9.17, 15) is 15.0 Å². The quantitative estimate of drug-likeness (QED) is 0.388. The van der Waals surface area contributed by atoms with Gasteiger partial charge in [0.2, 0.25) is 0 Å². The molecule has 33 heavy (non-hydrogen) atoms. The van der Waals surface area contributed by atoms with Crippen LogP contribution < -0.4 is 9.47 Å². The zero-order valence-corrected chi connectivity index (χ0v) is 23.0. The van der Waals surface area contributed by atoms with Crippen LogP contribution in [0.2, 0.25) is 18.1 Å². The summed E-state index contributed by atoms with van der Waals surface area (Å²) in [7, 11) is 1.01. The number of benzene rings is 1. The van der Waals surface area contributed by atoms with Gasteiger partial charge >= 0.3 is 0 Å². The van der Waals surface area contributed by atoms with Gasteiger partial charge in [0, 0.05) is 23.5 Å². The molecule has 1 aliphatic rings. The normalized spacial score (nSPS) is 18.8. The molecule has 0 radical (unpaired) electrons. The third-order valence-corrected chi connectivity index (χ3v) is 12.0. The van der Waals surface area contributed by atoms with Crippen molar-refractivity contribution in [2.75, 3.05) is 14.2 Å². The Morgan fingerprint density at radius 1 is 1.06 bits per heavy atom. The van der Waals surface area contributed by atoms with Crippen LogP contribution in [0, 0.1) is 5.41 Å². The molecule has 0 fully saturated rings. The number of Topliss-reactive ketones (excluding diaryl/α,β-unsaturated/α-hetero) is 1. The van der Waals surface area contributed by atoms with Gasteiger partial charge < -0.3 is 24.1 Å². The van der Waals surface area contributed by atoms with Gasteiger partial charge in [-0.2, -0.15) is 0 Å². The molecule has 2 atom stereocenters. The van der Waals surface area contributed by atoms with Crippen LogP contribution in [0.4, 0.5) is 0 Å². The largest absolute Gasteiger partial charge is 0.497 e. The van der Waals surface area contributed by atoms with E-state index >= 15 is 0 Å². The fraction of sp³-hybridized carbons (Fsp3) is 0.654. The number of aliphatic hydroxyl groups is 2. The summed E-state index contributed by atoms with van der Waals surface area (Å²) >= 11 is 0. The lowest BCUT2D eigenvalue weighted by Crippen LogP contribution is -2.41. The molecule has 0 saturated heterocycles. The number of hydrogen-bond acceptors (Lipinski definition) is 6. The van der Waals surface area contributed by atoms with Crippen molar-refractivity contribution in [1.29, 1.82) is 0 Å². The highest BCUT2D eigenvalue weighted by atomic mass is 28.4. The first-order valence-electron chi connectivity index (χ1n) is 11.6. The van der Waals surface area contributed by atoms with E-state index in [4.69, 9.17) is 13.9 Å². The first kappa shape index (κ1) is 27.6. The van der Waals surface area contributed by atoms with Crippen LogP contribution in [0.3, 0.4) is 0 Å². The first-order valence-corrected chi connectivity index (χ1v) is 14.5. The Labute approximate surface area is 200 Å². The predicted octanol–water partition coefficient (Wildman–Crippen LogP) is 5.33. The molecule has 0 amide bonds. The third-order valence-electron chi connectivity index (χ3n) is 7.50. The standard InChI is InChI=1S/C26H42O6Si/c1-16-11-12-20(27)26(5,6)22(16)24(29)23(28)21-17(13-18(30-7)14-19(21)31-8)15-32-33(9,10)25(2,3)4/h13-14,23-24,28-29H,11-12,15H2,1-10H3/t23-,24+/m1/s1. The lowest BCUT2D eigenvalue weighted by atomic mass is 9.68. The van der Waals surface area contributed by atoms with Gasteiger partial charge in [-0.25, -0.2) is 0 Å². The molecule has 0 aromatic heterocycles. The zero-order valence-electron chi connectivity index (χ0n) is 22.0. The molecule has 0 spiro atoms. The van der Waals surface area contributed by atoms with E-state index in [1.807, 2.05) is 26.8 Å². The molecule has 1 aromatic carbocycles. The smallest absolute Gasteiger partial charge is 0.192 e. The van der Waals surface area contributed by atoms with Crippen LogP contribution in [0.1, 0.15) is 71.6 Å². The highest BCUT2D eigenvalue weighted by Crippen LogP contribution is 2.45. The van der Waals surface area contributed by atoms with Gasteiger partial charge in [-0.3, -0.25) is 4.79 Å². The number of hydrogen-bond donors (Lipinski definition) is 2. The number of rotatable bonds is 8. The first-order chi connectivity index (χ1) is 15.1. The molecule has 0 aliphatic heterocycles. The Balaban J connectivity index is 2.56. The molecule has 2 rings (SSSR count). The summed E-state index contributed by atoms with van der Waals surface area (Å²) in [5.41, 5.74) is 1.83. The van der Waals surface area contributed by atoms with Crippen molar-refractivity contribution in [3.05, 3.63) is 34.4 Å². The van der Waals surface area contributed by atoms with Crippen molar-refractivity contribution in [2.24, 2.45) is 5.41 Å². The van der Waals surface area contributed by atoms with Crippen LogP contribution in [-0.2, 0) is 15.8 Å². The molecule has 6 nitrogen and oxygen atoms in total. The molecule has 0 unspecified atom stereocenters. The van der Waals surface area contributed by atoms with Crippen molar-refractivity contribution in [1.82, 2.24) is 0 Å². The predicted molar refractivity (Wildman–Crippen MR) is 133 cm³/mol. The Bertz CT molecular complexity index is 910. The van der Waals surface area contributed by atoms with Crippen LogP contribution >= 0.6 is 0 Å². The number of carbonyl (C=O) groups is 1. The topological polar surface area (TPSA) is 85.2 Å². The lowest BCUT2D eigenvalue weighted by Gasteiger charge is -2.38. The van der Waals surface area contributed by atoms with E-state index in [1.54, 1.807) is 13.2 Å². The molecular weight excluding hydrogens is 436 g/mol. The molecule has 0 bridgehead atoms. The summed E-state index contributed by atoms with van der Waals surface area (Å²) in [6.45, 7) is 16.6. The number of ketones is 1. The maximum absolute atomic E-state index is 12.6. The average molecular weight is 479 g/mol. The van der Waals surface area contributed by atoms with Crippen LogP contribution in [0.5, 0.6) is 11.5 Å². The average Bonchev–Trinajstić information content (AvgIpc) is 2.72. The summed E-state index contributed by atoms with van der Waals surface area (Å²) in [6, 6.07) is 3.51. The Morgan fingerprint density at radius 3 is 2.18 bits per heavy atom. The monoisotopic (exact) mass is 478 g/mol. The zero-order chi connectivity index (χ0) is 25.4. The fourth-order valence-electron chi connectivity index (χ4n) is 4.24. The minimum absolute atomic E-state index is 0.0165. The molecule has 2 N–H and O–H groups in total. The van der Waals surface area contributed by atoms with Crippen LogP contribution in [-0.4, -0.2) is 44.6 Å². The maximum atomic E-state index is 12.6. The number of ether oxygens (including phenoxy) is 2. The van der Waals surface area contributed by atoms with Gasteiger partial charge in [0.1, 0.15) is 29.5 Å². The van der Waals surface area contributed by atoms with E-state index in [0.717, 1.165) is 5.57 Å². The highest BCUT2D eigenvalue weighted by Gasteiger charge is 2.43. The molecule has 0 heterocycles. The fourth-order valence-corrected chi connectivity index (χ4v) is 5.19. The third kappa shape index (κ3) is 5.53. The van der Waals surface area contributed by atoms with Crippen molar-refractivity contribution < 1.29 is 28.9 Å². The van der Waals surface area contributed by atoms with Crippen molar-refractivity contribution in [3.63, 3.8) is 0 Å². The minimum atomic E-state index is -2.08. The summed E-state index contributed by atoms with van der Waals surface area (Å²) in [6.07, 6.45) is -1.51. The van der Waals surface area contributed by atoms with E-state index < -0.39 is 25.9 Å². The maximum Gasteiger partial charge on any atom is 0.192 e. The minimum Gasteiger partial charge on any atom is -0.497 e. The number of aliphatic hydroxyl groups excluding tert-OH is 2. The SMILES string of the molecule is COc1cc(CO[Si](C)(C)C(C)(C)C)c([C@@H](O)[C@@H](O)C2=C(C)CCC(=O)C2(C)C)c(OC)c1. The van der Waals surface area contributed by atoms with Crippen LogP contribution in [0.25, 0.3) is 0 Å². The van der Waals surface area contributed by atoms with E-state index in [0.29, 0.717) is 41.0 Å². The van der Waals surface area contributed by atoms with Gasteiger partial charge in [0.05, 0.1) is 20.8 Å². The highest BCUT2D eigenvalue weighted by molar-refractivity contribution is 6.74. The molecule has 1 aliphatic carbocycles. The molecule has 0 saturated carbocycles. The molecular formula is C26H42O6Si. The van der Waals surface area contributed by atoms with E-state index in [1.165, 1.54) is 7.11 Å².